The van der Waals surface area contributed by atoms with Crippen LogP contribution in [0.3, 0.4) is 0 Å². The zero-order chi connectivity index (χ0) is 15.0. The van der Waals surface area contributed by atoms with E-state index in [1.807, 2.05) is 12.3 Å². The molecule has 0 saturated heterocycles. The van der Waals surface area contributed by atoms with Crippen molar-refractivity contribution < 1.29 is 9.47 Å². The molecule has 1 saturated carbocycles. The second-order valence-corrected chi connectivity index (χ2v) is 6.49. The largest absolute Gasteiger partial charge is 0.362 e. The molecule has 0 aromatic carbocycles. The number of fused-ring (bicyclic) bond motifs is 1. The highest BCUT2D eigenvalue weighted by Crippen LogP contribution is 2.49. The fraction of sp³-hybridized carbons (Fsp3) is 0.667. The van der Waals surface area contributed by atoms with Gasteiger partial charge in [0.25, 0.3) is 0 Å². The third-order valence-corrected chi connectivity index (χ3v) is 4.21. The van der Waals surface area contributed by atoms with E-state index in [9.17, 15) is 0 Å². The zero-order valence-corrected chi connectivity index (χ0v) is 13.1. The Labute approximate surface area is 125 Å². The van der Waals surface area contributed by atoms with E-state index in [1.54, 1.807) is 13.3 Å². The minimum absolute atomic E-state index is 0.173. The third kappa shape index (κ3) is 3.03. The summed E-state index contributed by atoms with van der Waals surface area (Å²) < 4.78 is 11.7. The van der Waals surface area contributed by atoms with Gasteiger partial charge in [-0.25, -0.2) is 5.32 Å². The molecule has 0 radical (unpaired) electrons. The summed E-state index contributed by atoms with van der Waals surface area (Å²) in [6, 6.07) is 1.95. The lowest BCUT2D eigenvalue weighted by Crippen LogP contribution is -2.46. The van der Waals surface area contributed by atoms with Gasteiger partial charge < -0.3 is 19.7 Å². The maximum absolute atomic E-state index is 6.15. The van der Waals surface area contributed by atoms with Crippen LogP contribution in [-0.4, -0.2) is 50.1 Å². The molecule has 6 nitrogen and oxygen atoms in total. The number of rotatable bonds is 5. The Kier molecular flexibility index (Phi) is 3.88. The first-order valence-electron chi connectivity index (χ1n) is 7.31. The Balaban J connectivity index is 1.64. The lowest BCUT2D eigenvalue weighted by molar-refractivity contribution is -0.0412. The maximum Gasteiger partial charge on any atom is 0.186 e. The van der Waals surface area contributed by atoms with Crippen molar-refractivity contribution in [1.29, 1.82) is 0 Å². The van der Waals surface area contributed by atoms with Crippen molar-refractivity contribution in [3.8, 4) is 0 Å². The monoisotopic (exact) mass is 292 g/mol. The molecule has 1 aliphatic heterocycles. The van der Waals surface area contributed by atoms with Crippen LogP contribution in [0.4, 0.5) is 5.69 Å². The molecule has 2 heterocycles. The molecule has 1 aromatic rings. The fourth-order valence-electron chi connectivity index (χ4n) is 3.06. The number of hydrogen-bond acceptors (Lipinski definition) is 6. The van der Waals surface area contributed by atoms with Crippen molar-refractivity contribution in [1.82, 2.24) is 15.2 Å². The van der Waals surface area contributed by atoms with Crippen molar-refractivity contribution in [2.24, 2.45) is 5.41 Å². The molecule has 0 bridgehead atoms. The molecule has 0 amide bonds. The summed E-state index contributed by atoms with van der Waals surface area (Å²) >= 11 is 0. The van der Waals surface area contributed by atoms with Gasteiger partial charge >= 0.3 is 0 Å². The first-order valence-corrected chi connectivity index (χ1v) is 7.31. The highest BCUT2D eigenvalue weighted by atomic mass is 16.5. The fourth-order valence-corrected chi connectivity index (χ4v) is 3.06. The highest BCUT2D eigenvalue weighted by Gasteiger charge is 2.52. The van der Waals surface area contributed by atoms with Gasteiger partial charge in [-0.1, -0.05) is 6.92 Å². The van der Waals surface area contributed by atoms with Gasteiger partial charge in [-0.05, 0) is 26.6 Å². The van der Waals surface area contributed by atoms with E-state index in [-0.39, 0.29) is 24.1 Å². The Hall–Kier alpha value is -1.21. The summed E-state index contributed by atoms with van der Waals surface area (Å²) in [6.07, 6.45) is 4.51. The van der Waals surface area contributed by atoms with Crippen LogP contribution in [0.2, 0.25) is 0 Å². The van der Waals surface area contributed by atoms with Gasteiger partial charge in [0.05, 0.1) is 18.0 Å². The minimum atomic E-state index is -0.249. The number of ether oxygens (including phenoxy) is 2. The van der Waals surface area contributed by atoms with Gasteiger partial charge in [0.15, 0.2) is 6.35 Å². The molecule has 116 valence electrons. The summed E-state index contributed by atoms with van der Waals surface area (Å²) in [5.41, 5.74) is 2.26. The van der Waals surface area contributed by atoms with Crippen molar-refractivity contribution in [3.05, 3.63) is 24.0 Å². The average molecular weight is 292 g/mol. The molecule has 21 heavy (non-hydrogen) atoms. The molecule has 1 fully saturated rings. The molecule has 0 spiro atoms. The number of aromatic nitrogens is 1. The van der Waals surface area contributed by atoms with E-state index in [1.165, 1.54) is 0 Å². The summed E-state index contributed by atoms with van der Waals surface area (Å²) in [6.45, 7) is 3.31. The quantitative estimate of drug-likeness (QED) is 0.855. The zero-order valence-electron chi connectivity index (χ0n) is 13.1. The van der Waals surface area contributed by atoms with Crippen LogP contribution in [0.25, 0.3) is 0 Å². The number of anilines is 1. The van der Waals surface area contributed by atoms with E-state index in [4.69, 9.17) is 9.47 Å². The third-order valence-electron chi connectivity index (χ3n) is 4.21. The Morgan fingerprint density at radius 3 is 3.00 bits per heavy atom. The van der Waals surface area contributed by atoms with Gasteiger partial charge in [0, 0.05) is 30.8 Å². The highest BCUT2D eigenvalue weighted by molar-refractivity contribution is 5.52. The molecule has 4 unspecified atom stereocenters. The standard InChI is InChI=1S/C15H24N4O2/c1-15(9-19(2)3)7-12(15)21-14-17-11-8-16-6-5-10(11)13(18-14)20-4/h5-6,8,12-14,17-18H,7,9H2,1-4H3. The van der Waals surface area contributed by atoms with Crippen LogP contribution < -0.4 is 10.6 Å². The van der Waals surface area contributed by atoms with Crippen molar-refractivity contribution >= 4 is 5.69 Å². The summed E-state index contributed by atoms with van der Waals surface area (Å²) in [7, 11) is 5.89. The van der Waals surface area contributed by atoms with Crippen LogP contribution in [0.5, 0.6) is 0 Å². The van der Waals surface area contributed by atoms with E-state index in [0.717, 1.165) is 24.2 Å². The van der Waals surface area contributed by atoms with E-state index < -0.39 is 0 Å². The number of hydrogen-bond donors (Lipinski definition) is 2. The normalized spacial score (nSPS) is 34.4. The molecular weight excluding hydrogens is 268 g/mol. The first kappa shape index (κ1) is 14.7. The van der Waals surface area contributed by atoms with Gasteiger partial charge in [0.1, 0.15) is 6.23 Å². The van der Waals surface area contributed by atoms with Crippen LogP contribution in [0, 0.1) is 5.41 Å². The topological polar surface area (TPSA) is 58.6 Å². The van der Waals surface area contributed by atoms with Crippen molar-refractivity contribution in [2.75, 3.05) is 33.1 Å². The maximum atomic E-state index is 6.15. The summed E-state index contributed by atoms with van der Waals surface area (Å²) in [5.74, 6) is 0. The lowest BCUT2D eigenvalue weighted by Gasteiger charge is -2.33. The van der Waals surface area contributed by atoms with Crippen molar-refractivity contribution in [2.45, 2.75) is 32.0 Å². The number of pyridine rings is 1. The van der Waals surface area contributed by atoms with Crippen LogP contribution in [0.1, 0.15) is 25.1 Å². The second-order valence-electron chi connectivity index (χ2n) is 6.49. The predicted molar refractivity (Wildman–Crippen MR) is 80.7 cm³/mol. The second kappa shape index (κ2) is 5.53. The smallest absolute Gasteiger partial charge is 0.186 e. The minimum Gasteiger partial charge on any atom is -0.362 e. The Morgan fingerprint density at radius 1 is 1.48 bits per heavy atom. The van der Waals surface area contributed by atoms with Crippen LogP contribution in [-0.2, 0) is 9.47 Å². The number of nitrogens with one attached hydrogen (secondary N) is 2. The van der Waals surface area contributed by atoms with Gasteiger partial charge in [0.2, 0.25) is 0 Å². The van der Waals surface area contributed by atoms with Gasteiger partial charge in [-0.2, -0.15) is 0 Å². The Morgan fingerprint density at radius 2 is 2.29 bits per heavy atom. The summed E-state index contributed by atoms with van der Waals surface area (Å²) in [4.78, 5) is 6.37. The molecule has 1 aliphatic carbocycles. The molecule has 4 atom stereocenters. The van der Waals surface area contributed by atoms with E-state index in [2.05, 4.69) is 41.5 Å². The SMILES string of the molecule is COC1NC(OC2CC2(C)CN(C)C)Nc2cnccc21. The van der Waals surface area contributed by atoms with Crippen LogP contribution >= 0.6 is 0 Å². The number of methoxy groups -OCH3 is 1. The predicted octanol–water partition coefficient (Wildman–Crippen LogP) is 1.38. The molecule has 2 aliphatic rings. The van der Waals surface area contributed by atoms with E-state index in [0.29, 0.717) is 0 Å². The Bertz CT molecular complexity index is 510. The lowest BCUT2D eigenvalue weighted by atomic mass is 10.1. The summed E-state index contributed by atoms with van der Waals surface area (Å²) in [5, 5.41) is 6.66. The molecular formula is C15H24N4O2. The molecule has 1 aromatic heterocycles. The molecule has 3 rings (SSSR count). The molecule has 2 N–H and O–H groups in total. The van der Waals surface area contributed by atoms with Gasteiger partial charge in [-0.15, -0.1) is 0 Å². The van der Waals surface area contributed by atoms with Crippen LogP contribution in [0.15, 0.2) is 18.5 Å². The van der Waals surface area contributed by atoms with E-state index >= 15 is 0 Å². The first-order chi connectivity index (χ1) is 10.0. The average Bonchev–Trinajstić information content (AvgIpc) is 3.05. The van der Waals surface area contributed by atoms with Gasteiger partial charge in [-0.3, -0.25) is 4.98 Å². The van der Waals surface area contributed by atoms with Crippen molar-refractivity contribution in [3.63, 3.8) is 0 Å². The molecule has 6 heteroatoms. The number of nitrogens with zero attached hydrogens (tertiary/aromatic N) is 2.